The lowest BCUT2D eigenvalue weighted by Gasteiger charge is -2.19. The van der Waals surface area contributed by atoms with Crippen molar-refractivity contribution in [3.05, 3.63) is 59.4 Å². The summed E-state index contributed by atoms with van der Waals surface area (Å²) in [6.07, 6.45) is 5.56. The Labute approximate surface area is 163 Å². The number of rotatable bonds is 10. The van der Waals surface area contributed by atoms with Gasteiger partial charge in [0.15, 0.2) is 11.6 Å². The molecule has 0 aliphatic rings. The highest BCUT2D eigenvalue weighted by Gasteiger charge is 2.16. The molecule has 148 valence electrons. The molecule has 0 aliphatic carbocycles. The van der Waals surface area contributed by atoms with Crippen molar-refractivity contribution in [1.29, 1.82) is 0 Å². The van der Waals surface area contributed by atoms with Crippen LogP contribution in [-0.4, -0.2) is 13.2 Å². The minimum absolute atomic E-state index is 0.0703. The lowest BCUT2D eigenvalue weighted by Crippen LogP contribution is -2.11. The Kier molecular flexibility index (Phi) is 8.15. The molecule has 0 aromatic heterocycles. The van der Waals surface area contributed by atoms with Gasteiger partial charge < -0.3 is 9.47 Å². The highest BCUT2D eigenvalue weighted by Crippen LogP contribution is 2.27. The third-order valence-corrected chi connectivity index (χ3v) is 4.64. The van der Waals surface area contributed by atoms with Gasteiger partial charge in [-0.3, -0.25) is 0 Å². The van der Waals surface area contributed by atoms with E-state index in [0.29, 0.717) is 12.4 Å². The molecule has 0 fully saturated rings. The van der Waals surface area contributed by atoms with Crippen LogP contribution in [0, 0.1) is 5.82 Å². The van der Waals surface area contributed by atoms with Gasteiger partial charge in [0.25, 0.3) is 0 Å². The van der Waals surface area contributed by atoms with Crippen molar-refractivity contribution in [2.24, 2.45) is 0 Å². The fourth-order valence-corrected chi connectivity index (χ4v) is 2.83. The van der Waals surface area contributed by atoms with Crippen molar-refractivity contribution < 1.29 is 13.9 Å². The van der Waals surface area contributed by atoms with E-state index in [1.54, 1.807) is 12.1 Å². The van der Waals surface area contributed by atoms with Crippen LogP contribution in [0.5, 0.6) is 11.5 Å². The van der Waals surface area contributed by atoms with Crippen LogP contribution in [0.4, 0.5) is 4.39 Å². The van der Waals surface area contributed by atoms with Crippen LogP contribution in [0.2, 0.25) is 0 Å². The third kappa shape index (κ3) is 7.24. The van der Waals surface area contributed by atoms with Crippen LogP contribution in [0.1, 0.15) is 64.5 Å². The standard InChI is InChI=1S/C24H33FO2/c1-5-6-7-8-16-26-21-12-9-19(10-13-21)15-17-27-23-14-11-20(18-22(23)25)24(2,3)4/h9-14,18H,5-8,15-17H2,1-4H3. The molecule has 3 heteroatoms. The monoisotopic (exact) mass is 372 g/mol. The van der Waals surface area contributed by atoms with Crippen LogP contribution in [0.25, 0.3) is 0 Å². The molecule has 27 heavy (non-hydrogen) atoms. The molecule has 0 spiro atoms. The summed E-state index contributed by atoms with van der Waals surface area (Å²) in [6, 6.07) is 13.3. The van der Waals surface area contributed by atoms with Crippen molar-refractivity contribution >= 4 is 0 Å². The first kappa shape index (κ1) is 21.3. The number of hydrogen-bond acceptors (Lipinski definition) is 2. The van der Waals surface area contributed by atoms with Gasteiger partial charge in [-0.2, -0.15) is 0 Å². The molecule has 2 aromatic rings. The Morgan fingerprint density at radius 3 is 2.22 bits per heavy atom. The van der Waals surface area contributed by atoms with Gasteiger partial charge in [-0.15, -0.1) is 0 Å². The first-order valence-corrected chi connectivity index (χ1v) is 10.0. The summed E-state index contributed by atoms with van der Waals surface area (Å²) in [5.74, 6) is 0.921. The average molecular weight is 373 g/mol. The van der Waals surface area contributed by atoms with Crippen molar-refractivity contribution in [2.75, 3.05) is 13.2 Å². The van der Waals surface area contributed by atoms with E-state index in [1.165, 1.54) is 19.3 Å². The zero-order valence-corrected chi connectivity index (χ0v) is 17.2. The number of benzene rings is 2. The molecule has 0 heterocycles. The predicted octanol–water partition coefficient (Wildman–Crippen LogP) is 6.70. The van der Waals surface area contributed by atoms with Crippen molar-refractivity contribution in [3.8, 4) is 11.5 Å². The average Bonchev–Trinajstić information content (AvgIpc) is 2.63. The molecule has 0 saturated heterocycles. The maximum Gasteiger partial charge on any atom is 0.165 e. The summed E-state index contributed by atoms with van der Waals surface area (Å²) in [7, 11) is 0. The number of halogens is 1. The molecule has 0 N–H and O–H groups in total. The molecule has 0 amide bonds. The minimum Gasteiger partial charge on any atom is -0.494 e. The van der Waals surface area contributed by atoms with E-state index in [0.717, 1.165) is 36.3 Å². The second-order valence-corrected chi connectivity index (χ2v) is 8.05. The molecular formula is C24H33FO2. The molecule has 2 aromatic carbocycles. The summed E-state index contributed by atoms with van der Waals surface area (Å²) in [6.45, 7) is 9.64. The van der Waals surface area contributed by atoms with Crippen molar-refractivity contribution in [2.45, 2.75) is 65.2 Å². The van der Waals surface area contributed by atoms with Gasteiger partial charge in [-0.05, 0) is 47.2 Å². The van der Waals surface area contributed by atoms with Gasteiger partial charge >= 0.3 is 0 Å². The van der Waals surface area contributed by atoms with Crippen LogP contribution < -0.4 is 9.47 Å². The Morgan fingerprint density at radius 2 is 1.59 bits per heavy atom. The van der Waals surface area contributed by atoms with E-state index in [4.69, 9.17) is 9.47 Å². The highest BCUT2D eigenvalue weighted by molar-refractivity contribution is 5.33. The van der Waals surface area contributed by atoms with Crippen LogP contribution in [-0.2, 0) is 11.8 Å². The molecule has 0 saturated carbocycles. The highest BCUT2D eigenvalue weighted by atomic mass is 19.1. The fourth-order valence-electron chi connectivity index (χ4n) is 2.83. The maximum absolute atomic E-state index is 14.2. The number of hydrogen-bond donors (Lipinski definition) is 0. The van der Waals surface area contributed by atoms with Gasteiger partial charge in [0.2, 0.25) is 0 Å². The number of unbranched alkanes of at least 4 members (excludes halogenated alkanes) is 3. The summed E-state index contributed by atoms with van der Waals surface area (Å²) in [5.41, 5.74) is 2.05. The first-order chi connectivity index (χ1) is 12.9. The Hall–Kier alpha value is -2.03. The molecular weight excluding hydrogens is 339 g/mol. The molecule has 0 unspecified atom stereocenters. The molecule has 0 aliphatic heterocycles. The van der Waals surface area contributed by atoms with Gasteiger partial charge in [0, 0.05) is 6.42 Å². The summed E-state index contributed by atoms with van der Waals surface area (Å²) in [5, 5.41) is 0. The Balaban J connectivity index is 1.77. The summed E-state index contributed by atoms with van der Waals surface area (Å²) < 4.78 is 25.6. The third-order valence-electron chi connectivity index (χ3n) is 4.64. The lowest BCUT2D eigenvalue weighted by atomic mass is 9.87. The normalized spacial score (nSPS) is 11.4. The van der Waals surface area contributed by atoms with Gasteiger partial charge in [-0.25, -0.2) is 4.39 Å². The van der Waals surface area contributed by atoms with E-state index >= 15 is 0 Å². The minimum atomic E-state index is -0.297. The van der Waals surface area contributed by atoms with Crippen molar-refractivity contribution in [1.82, 2.24) is 0 Å². The Bertz CT molecular complexity index is 687. The second-order valence-electron chi connectivity index (χ2n) is 8.05. The van der Waals surface area contributed by atoms with Gasteiger partial charge in [0.1, 0.15) is 5.75 Å². The SMILES string of the molecule is CCCCCCOc1ccc(CCOc2ccc(C(C)(C)C)cc2F)cc1. The predicted molar refractivity (Wildman–Crippen MR) is 110 cm³/mol. The molecule has 0 bridgehead atoms. The molecule has 0 radical (unpaired) electrons. The topological polar surface area (TPSA) is 18.5 Å². The van der Waals surface area contributed by atoms with E-state index in [9.17, 15) is 4.39 Å². The fraction of sp³-hybridized carbons (Fsp3) is 0.500. The van der Waals surface area contributed by atoms with Crippen LogP contribution >= 0.6 is 0 Å². The van der Waals surface area contributed by atoms with E-state index in [-0.39, 0.29) is 11.2 Å². The molecule has 2 rings (SSSR count). The zero-order valence-electron chi connectivity index (χ0n) is 17.2. The molecule has 2 nitrogen and oxygen atoms in total. The largest absolute Gasteiger partial charge is 0.494 e. The summed E-state index contributed by atoms with van der Waals surface area (Å²) in [4.78, 5) is 0. The first-order valence-electron chi connectivity index (χ1n) is 10.0. The maximum atomic E-state index is 14.2. The van der Waals surface area contributed by atoms with E-state index in [2.05, 4.69) is 27.7 Å². The molecule has 0 atom stereocenters. The lowest BCUT2D eigenvalue weighted by molar-refractivity contribution is 0.302. The van der Waals surface area contributed by atoms with Crippen LogP contribution in [0.3, 0.4) is 0 Å². The zero-order chi connectivity index (χ0) is 19.7. The smallest absolute Gasteiger partial charge is 0.165 e. The second kappa shape index (κ2) is 10.3. The van der Waals surface area contributed by atoms with E-state index < -0.39 is 0 Å². The van der Waals surface area contributed by atoms with Gasteiger partial charge in [-0.1, -0.05) is 65.2 Å². The quantitative estimate of drug-likeness (QED) is 0.432. The van der Waals surface area contributed by atoms with Gasteiger partial charge in [0.05, 0.1) is 13.2 Å². The Morgan fingerprint density at radius 1 is 0.852 bits per heavy atom. The van der Waals surface area contributed by atoms with E-state index in [1.807, 2.05) is 30.3 Å². The van der Waals surface area contributed by atoms with Crippen LogP contribution in [0.15, 0.2) is 42.5 Å². The number of ether oxygens (including phenoxy) is 2. The summed E-state index contributed by atoms with van der Waals surface area (Å²) >= 11 is 0. The van der Waals surface area contributed by atoms with Crippen molar-refractivity contribution in [3.63, 3.8) is 0 Å².